The molecular weight excluding hydrogens is 346 g/mol. The Morgan fingerprint density at radius 3 is 2.44 bits per heavy atom. The molecule has 7 heteroatoms. The minimum absolute atomic E-state index is 0.0161. The zero-order valence-corrected chi connectivity index (χ0v) is 15.3. The Labute approximate surface area is 158 Å². The van der Waals surface area contributed by atoms with E-state index in [9.17, 15) is 14.9 Å². The van der Waals surface area contributed by atoms with Gasteiger partial charge >= 0.3 is 0 Å². The summed E-state index contributed by atoms with van der Waals surface area (Å²) in [5.74, 6) is -0.245. The van der Waals surface area contributed by atoms with Gasteiger partial charge in [-0.25, -0.2) is 0 Å². The fourth-order valence-electron chi connectivity index (χ4n) is 3.07. The van der Waals surface area contributed by atoms with Crippen molar-refractivity contribution < 1.29 is 14.5 Å². The van der Waals surface area contributed by atoms with E-state index < -0.39 is 4.92 Å². The smallest absolute Gasteiger partial charge is 0.272 e. The Bertz CT molecular complexity index is 814. The molecule has 0 bridgehead atoms. The van der Waals surface area contributed by atoms with Crippen molar-refractivity contribution in [2.75, 3.05) is 26.3 Å². The summed E-state index contributed by atoms with van der Waals surface area (Å²) in [6.45, 7) is 6.41. The molecule has 2 aromatic carbocycles. The number of benzene rings is 2. The van der Waals surface area contributed by atoms with Crippen molar-refractivity contribution in [3.8, 4) is 0 Å². The Morgan fingerprint density at radius 1 is 1.15 bits per heavy atom. The van der Waals surface area contributed by atoms with Crippen LogP contribution in [0.15, 0.2) is 42.5 Å². The van der Waals surface area contributed by atoms with Gasteiger partial charge in [-0.05, 0) is 30.2 Å². The van der Waals surface area contributed by atoms with Crippen LogP contribution in [-0.4, -0.2) is 42.0 Å². The van der Waals surface area contributed by atoms with Crippen LogP contribution in [0.3, 0.4) is 0 Å². The Hall–Kier alpha value is -2.77. The first-order valence-electron chi connectivity index (χ1n) is 8.94. The number of carbonyl (C=O) groups is 1. The van der Waals surface area contributed by atoms with E-state index in [0.29, 0.717) is 17.7 Å². The van der Waals surface area contributed by atoms with Crippen molar-refractivity contribution in [1.82, 2.24) is 10.2 Å². The molecule has 2 aromatic rings. The number of morpholine rings is 1. The highest BCUT2D eigenvalue weighted by molar-refractivity contribution is 5.94. The van der Waals surface area contributed by atoms with Crippen LogP contribution in [0, 0.1) is 17.0 Å². The highest BCUT2D eigenvalue weighted by Gasteiger charge is 2.14. The molecule has 1 N–H and O–H groups in total. The quantitative estimate of drug-likeness (QED) is 0.625. The number of carbonyl (C=O) groups excluding carboxylic acids is 1. The predicted octanol–water partition coefficient (Wildman–Crippen LogP) is 2.67. The van der Waals surface area contributed by atoms with Crippen LogP contribution in [0.5, 0.6) is 0 Å². The molecule has 0 saturated carbocycles. The third kappa shape index (κ3) is 5.12. The first-order chi connectivity index (χ1) is 13.0. The normalized spacial score (nSPS) is 14.7. The van der Waals surface area contributed by atoms with E-state index in [1.54, 1.807) is 13.0 Å². The molecule has 27 heavy (non-hydrogen) atoms. The van der Waals surface area contributed by atoms with Gasteiger partial charge in [0.15, 0.2) is 0 Å². The molecule has 0 aliphatic carbocycles. The molecule has 0 unspecified atom stereocenters. The van der Waals surface area contributed by atoms with Gasteiger partial charge in [0.05, 0.1) is 18.1 Å². The van der Waals surface area contributed by atoms with Crippen LogP contribution in [-0.2, 0) is 17.8 Å². The van der Waals surface area contributed by atoms with Crippen LogP contribution in [0.1, 0.15) is 27.0 Å². The fraction of sp³-hybridized carbons (Fsp3) is 0.350. The van der Waals surface area contributed by atoms with Gasteiger partial charge in [0.25, 0.3) is 11.6 Å². The van der Waals surface area contributed by atoms with E-state index in [2.05, 4.69) is 22.3 Å². The second-order valence-corrected chi connectivity index (χ2v) is 6.65. The summed E-state index contributed by atoms with van der Waals surface area (Å²) in [7, 11) is 0. The zero-order chi connectivity index (χ0) is 19.2. The monoisotopic (exact) mass is 369 g/mol. The van der Waals surface area contributed by atoms with Gasteiger partial charge in [-0.2, -0.15) is 0 Å². The molecule has 0 spiro atoms. The molecule has 0 atom stereocenters. The van der Waals surface area contributed by atoms with Crippen LogP contribution >= 0.6 is 0 Å². The summed E-state index contributed by atoms with van der Waals surface area (Å²) < 4.78 is 5.36. The number of aryl methyl sites for hydroxylation is 1. The lowest BCUT2D eigenvalue weighted by atomic mass is 10.1. The lowest BCUT2D eigenvalue weighted by Gasteiger charge is -2.26. The maximum Gasteiger partial charge on any atom is 0.272 e. The predicted molar refractivity (Wildman–Crippen MR) is 102 cm³/mol. The SMILES string of the molecule is Cc1cc(C(=O)NCc2ccc(CN3CCOCC3)cc2)ccc1[N+](=O)[O-]. The number of nitro benzene ring substituents is 1. The highest BCUT2D eigenvalue weighted by Crippen LogP contribution is 2.18. The average Bonchev–Trinajstić information content (AvgIpc) is 2.67. The minimum Gasteiger partial charge on any atom is -0.379 e. The molecule has 1 heterocycles. The van der Waals surface area contributed by atoms with Gasteiger partial charge in [0.1, 0.15) is 0 Å². The maximum absolute atomic E-state index is 12.3. The lowest BCUT2D eigenvalue weighted by Crippen LogP contribution is -2.35. The number of rotatable bonds is 6. The number of amides is 1. The second kappa shape index (κ2) is 8.75. The minimum atomic E-state index is -0.449. The van der Waals surface area contributed by atoms with Gasteiger partial charge in [0.2, 0.25) is 0 Å². The molecule has 1 amide bonds. The van der Waals surface area contributed by atoms with E-state index >= 15 is 0 Å². The molecule has 3 rings (SSSR count). The van der Waals surface area contributed by atoms with Crippen molar-refractivity contribution >= 4 is 11.6 Å². The summed E-state index contributed by atoms with van der Waals surface area (Å²) in [6.07, 6.45) is 0. The van der Waals surface area contributed by atoms with Gasteiger partial charge in [0, 0.05) is 43.4 Å². The number of hydrogen-bond acceptors (Lipinski definition) is 5. The van der Waals surface area contributed by atoms with Crippen LogP contribution < -0.4 is 5.32 Å². The van der Waals surface area contributed by atoms with Crippen molar-refractivity contribution in [1.29, 1.82) is 0 Å². The zero-order valence-electron chi connectivity index (χ0n) is 15.3. The first kappa shape index (κ1) is 19.0. The summed E-state index contributed by atoms with van der Waals surface area (Å²) in [4.78, 5) is 25.1. The Morgan fingerprint density at radius 2 is 1.81 bits per heavy atom. The summed E-state index contributed by atoms with van der Waals surface area (Å²) >= 11 is 0. The van der Waals surface area contributed by atoms with Crippen LogP contribution in [0.4, 0.5) is 5.69 Å². The van der Waals surface area contributed by atoms with Crippen molar-refractivity contribution in [3.63, 3.8) is 0 Å². The second-order valence-electron chi connectivity index (χ2n) is 6.65. The van der Waals surface area contributed by atoms with Crippen LogP contribution in [0.25, 0.3) is 0 Å². The average molecular weight is 369 g/mol. The summed E-state index contributed by atoms with van der Waals surface area (Å²) in [5.41, 5.74) is 3.15. The van der Waals surface area contributed by atoms with Gasteiger partial charge in [-0.15, -0.1) is 0 Å². The van der Waals surface area contributed by atoms with Gasteiger partial charge in [-0.1, -0.05) is 24.3 Å². The van der Waals surface area contributed by atoms with E-state index in [1.165, 1.54) is 17.7 Å². The van der Waals surface area contributed by atoms with E-state index in [4.69, 9.17) is 4.74 Å². The van der Waals surface area contributed by atoms with Crippen LogP contribution in [0.2, 0.25) is 0 Å². The Balaban J connectivity index is 1.54. The standard InChI is InChI=1S/C20H23N3O4/c1-15-12-18(6-7-19(15)23(25)26)20(24)21-13-16-2-4-17(5-3-16)14-22-8-10-27-11-9-22/h2-7,12H,8-11,13-14H2,1H3,(H,21,24). The lowest BCUT2D eigenvalue weighted by molar-refractivity contribution is -0.385. The van der Waals surface area contributed by atoms with E-state index in [0.717, 1.165) is 38.4 Å². The highest BCUT2D eigenvalue weighted by atomic mass is 16.6. The molecule has 0 radical (unpaired) electrons. The van der Waals surface area contributed by atoms with Gasteiger partial charge in [-0.3, -0.25) is 19.8 Å². The third-order valence-corrected chi connectivity index (χ3v) is 4.64. The molecule has 7 nitrogen and oxygen atoms in total. The summed E-state index contributed by atoms with van der Waals surface area (Å²) in [5, 5.41) is 13.7. The van der Waals surface area contributed by atoms with E-state index in [1.807, 2.05) is 12.1 Å². The Kier molecular flexibility index (Phi) is 6.16. The molecule has 1 saturated heterocycles. The van der Waals surface area contributed by atoms with Gasteiger partial charge < -0.3 is 10.1 Å². The van der Waals surface area contributed by atoms with Crippen molar-refractivity contribution in [2.45, 2.75) is 20.0 Å². The first-order valence-corrected chi connectivity index (χ1v) is 8.94. The molecule has 142 valence electrons. The topological polar surface area (TPSA) is 84.7 Å². The number of hydrogen-bond donors (Lipinski definition) is 1. The maximum atomic E-state index is 12.3. The molecule has 1 aliphatic rings. The third-order valence-electron chi connectivity index (χ3n) is 4.64. The molecule has 1 fully saturated rings. The number of ether oxygens (including phenoxy) is 1. The van der Waals surface area contributed by atoms with Crippen molar-refractivity contribution in [3.05, 3.63) is 74.8 Å². The van der Waals surface area contributed by atoms with Crippen molar-refractivity contribution in [2.24, 2.45) is 0 Å². The number of nitrogens with one attached hydrogen (secondary N) is 1. The number of nitro groups is 1. The number of nitrogens with zero attached hydrogens (tertiary/aromatic N) is 2. The molecule has 0 aromatic heterocycles. The summed E-state index contributed by atoms with van der Waals surface area (Å²) in [6, 6.07) is 12.6. The largest absolute Gasteiger partial charge is 0.379 e. The fourth-order valence-corrected chi connectivity index (χ4v) is 3.07. The molecule has 1 aliphatic heterocycles. The van der Waals surface area contributed by atoms with E-state index in [-0.39, 0.29) is 11.6 Å². The molecular formula is C20H23N3O4.